The average Bonchev–Trinajstić information content (AvgIpc) is 2.53. The minimum atomic E-state index is -0.700. The van der Waals surface area contributed by atoms with E-state index in [1.54, 1.807) is 7.11 Å². The van der Waals surface area contributed by atoms with Crippen molar-refractivity contribution in [1.82, 2.24) is 10.6 Å². The zero-order valence-corrected chi connectivity index (χ0v) is 8.57. The molecule has 15 heavy (non-hydrogen) atoms. The Morgan fingerprint density at radius 3 is 2.33 bits per heavy atom. The molecule has 7 nitrogen and oxygen atoms in total. The molecular formula is C8H13N3O4. The molecule has 1 heterocycles. The van der Waals surface area contributed by atoms with Crippen LogP contribution in [0.15, 0.2) is 4.99 Å². The van der Waals surface area contributed by atoms with E-state index in [1.165, 1.54) is 7.11 Å². The summed E-state index contributed by atoms with van der Waals surface area (Å²) in [4.78, 5) is 25.5. The lowest BCUT2D eigenvalue weighted by Gasteiger charge is -2.11. The van der Waals surface area contributed by atoms with Crippen LogP contribution < -0.4 is 10.6 Å². The van der Waals surface area contributed by atoms with Crippen LogP contribution in [-0.4, -0.2) is 51.2 Å². The van der Waals surface area contributed by atoms with Crippen molar-refractivity contribution in [3.63, 3.8) is 0 Å². The Morgan fingerprint density at radius 2 is 1.87 bits per heavy atom. The molecule has 7 heteroatoms. The molecule has 1 rings (SSSR count). The van der Waals surface area contributed by atoms with Gasteiger partial charge in [0.2, 0.25) is 5.96 Å². The first-order valence-corrected chi connectivity index (χ1v) is 4.36. The Labute approximate surface area is 86.8 Å². The van der Waals surface area contributed by atoms with Gasteiger partial charge in [-0.2, -0.15) is 0 Å². The summed E-state index contributed by atoms with van der Waals surface area (Å²) in [5.74, 6) is -1.24. The molecule has 0 bridgehead atoms. The number of hydrogen-bond donors (Lipinski definition) is 2. The highest BCUT2D eigenvalue weighted by Gasteiger charge is 2.25. The van der Waals surface area contributed by atoms with Crippen LogP contribution in [0.1, 0.15) is 0 Å². The van der Waals surface area contributed by atoms with Crippen LogP contribution in [0.4, 0.5) is 0 Å². The minimum absolute atomic E-state index is 0.156. The number of rotatable bonds is 5. The number of carbonyl (C=O) groups excluding carboxylic acids is 2. The van der Waals surface area contributed by atoms with Crippen LogP contribution in [0.2, 0.25) is 0 Å². The fourth-order valence-corrected chi connectivity index (χ4v) is 1.01. The lowest BCUT2D eigenvalue weighted by atomic mass is 10.4. The molecule has 84 valence electrons. The number of ether oxygens (including phenoxy) is 2. The second-order valence-corrected chi connectivity index (χ2v) is 2.91. The highest BCUT2D eigenvalue weighted by atomic mass is 16.5. The minimum Gasteiger partial charge on any atom is -0.382 e. The van der Waals surface area contributed by atoms with Crippen LogP contribution in [0.3, 0.4) is 0 Å². The first-order valence-electron chi connectivity index (χ1n) is 4.36. The van der Waals surface area contributed by atoms with E-state index in [9.17, 15) is 9.59 Å². The van der Waals surface area contributed by atoms with Gasteiger partial charge in [0.25, 0.3) is 0 Å². The van der Waals surface area contributed by atoms with E-state index in [0.29, 0.717) is 13.2 Å². The summed E-state index contributed by atoms with van der Waals surface area (Å²) in [7, 11) is 3.09. The summed E-state index contributed by atoms with van der Waals surface area (Å²) in [6.07, 6.45) is -0.197. The fraction of sp³-hybridized carbons (Fsp3) is 0.625. The lowest BCUT2D eigenvalue weighted by molar-refractivity contribution is -0.135. The SMILES string of the molecule is COCC(CN=C1NC(=O)C(=O)N1)OC. The molecule has 0 spiro atoms. The number of amides is 2. The molecule has 0 aromatic rings. The average molecular weight is 215 g/mol. The molecule has 1 aliphatic heterocycles. The standard InChI is InChI=1S/C8H13N3O4/c1-14-4-5(15-2)3-9-8-10-6(12)7(13)11-8/h5H,3-4H2,1-2H3,(H2,9,10,11,12,13). The molecule has 0 aliphatic carbocycles. The van der Waals surface area contributed by atoms with Crippen LogP contribution in [0, 0.1) is 0 Å². The maximum absolute atomic E-state index is 10.8. The summed E-state index contributed by atoms with van der Waals surface area (Å²) < 4.78 is 9.93. The van der Waals surface area contributed by atoms with Crippen molar-refractivity contribution in [2.75, 3.05) is 27.4 Å². The van der Waals surface area contributed by atoms with Crippen molar-refractivity contribution in [3.05, 3.63) is 0 Å². The van der Waals surface area contributed by atoms with Crippen molar-refractivity contribution >= 4 is 17.8 Å². The normalized spacial score (nSPS) is 17.3. The highest BCUT2D eigenvalue weighted by Crippen LogP contribution is 1.93. The van der Waals surface area contributed by atoms with Gasteiger partial charge in [-0.05, 0) is 0 Å². The Hall–Kier alpha value is -1.47. The lowest BCUT2D eigenvalue weighted by Crippen LogP contribution is -2.29. The quantitative estimate of drug-likeness (QED) is 0.532. The van der Waals surface area contributed by atoms with Gasteiger partial charge >= 0.3 is 11.8 Å². The Bertz CT molecular complexity index is 272. The van der Waals surface area contributed by atoms with Crippen molar-refractivity contribution in [1.29, 1.82) is 0 Å². The maximum Gasteiger partial charge on any atom is 0.316 e. The van der Waals surface area contributed by atoms with Crippen LogP contribution >= 0.6 is 0 Å². The second kappa shape index (κ2) is 5.42. The molecule has 1 fully saturated rings. The molecule has 2 amide bonds. The summed E-state index contributed by atoms with van der Waals surface area (Å²) in [6, 6.07) is 0. The van der Waals surface area contributed by atoms with Crippen molar-refractivity contribution in [3.8, 4) is 0 Å². The zero-order valence-electron chi connectivity index (χ0n) is 8.57. The monoisotopic (exact) mass is 215 g/mol. The molecule has 1 unspecified atom stereocenters. The Balaban J connectivity index is 2.43. The number of carbonyl (C=O) groups is 2. The molecule has 0 saturated carbocycles. The Morgan fingerprint density at radius 1 is 1.27 bits per heavy atom. The topological polar surface area (TPSA) is 89.0 Å². The van der Waals surface area contributed by atoms with Gasteiger partial charge in [0.05, 0.1) is 13.2 Å². The number of nitrogens with one attached hydrogen (secondary N) is 2. The third-order valence-corrected chi connectivity index (χ3v) is 1.81. The van der Waals surface area contributed by atoms with Gasteiger partial charge in [-0.15, -0.1) is 0 Å². The van der Waals surface area contributed by atoms with Crippen LogP contribution in [0.25, 0.3) is 0 Å². The zero-order chi connectivity index (χ0) is 11.3. The van der Waals surface area contributed by atoms with Gasteiger partial charge in [-0.25, -0.2) is 4.99 Å². The highest BCUT2D eigenvalue weighted by molar-refractivity contribution is 6.45. The largest absolute Gasteiger partial charge is 0.382 e. The number of methoxy groups -OCH3 is 2. The summed E-state index contributed by atoms with van der Waals surface area (Å²) in [5.41, 5.74) is 0. The van der Waals surface area contributed by atoms with Gasteiger partial charge in [-0.3, -0.25) is 20.2 Å². The van der Waals surface area contributed by atoms with Gasteiger partial charge in [0.15, 0.2) is 0 Å². The molecule has 2 N–H and O–H groups in total. The van der Waals surface area contributed by atoms with E-state index in [4.69, 9.17) is 9.47 Å². The molecule has 1 saturated heterocycles. The van der Waals surface area contributed by atoms with Crippen LogP contribution in [0.5, 0.6) is 0 Å². The number of aliphatic imine (C=N–C) groups is 1. The fourth-order valence-electron chi connectivity index (χ4n) is 1.01. The number of hydrogen-bond acceptors (Lipinski definition) is 5. The predicted octanol–water partition coefficient (Wildman–Crippen LogP) is -1.75. The third-order valence-electron chi connectivity index (χ3n) is 1.81. The summed E-state index contributed by atoms with van der Waals surface area (Å²) in [6.45, 7) is 0.704. The smallest absolute Gasteiger partial charge is 0.316 e. The van der Waals surface area contributed by atoms with Crippen molar-refractivity contribution in [2.24, 2.45) is 4.99 Å². The summed E-state index contributed by atoms with van der Waals surface area (Å²) in [5, 5.41) is 4.56. The van der Waals surface area contributed by atoms with Gasteiger partial charge < -0.3 is 9.47 Å². The molecule has 0 aromatic heterocycles. The maximum atomic E-state index is 10.8. The molecule has 1 aliphatic rings. The molecule has 0 aromatic carbocycles. The van der Waals surface area contributed by atoms with E-state index < -0.39 is 11.8 Å². The van der Waals surface area contributed by atoms with Crippen molar-refractivity contribution in [2.45, 2.75) is 6.10 Å². The van der Waals surface area contributed by atoms with E-state index >= 15 is 0 Å². The van der Waals surface area contributed by atoms with E-state index in [-0.39, 0.29) is 12.1 Å². The first kappa shape index (κ1) is 11.6. The van der Waals surface area contributed by atoms with Gasteiger partial charge in [-0.1, -0.05) is 0 Å². The molecule has 1 atom stereocenters. The Kier molecular flexibility index (Phi) is 4.19. The third kappa shape index (κ3) is 3.30. The van der Waals surface area contributed by atoms with Crippen molar-refractivity contribution < 1.29 is 19.1 Å². The van der Waals surface area contributed by atoms with E-state index in [2.05, 4.69) is 15.6 Å². The number of nitrogens with zero attached hydrogens (tertiary/aromatic N) is 1. The molecular weight excluding hydrogens is 202 g/mol. The van der Waals surface area contributed by atoms with Gasteiger partial charge in [0, 0.05) is 14.2 Å². The predicted molar refractivity (Wildman–Crippen MR) is 51.3 cm³/mol. The summed E-state index contributed by atoms with van der Waals surface area (Å²) >= 11 is 0. The second-order valence-electron chi connectivity index (χ2n) is 2.91. The molecule has 0 radical (unpaired) electrons. The van der Waals surface area contributed by atoms with Crippen LogP contribution in [-0.2, 0) is 19.1 Å². The van der Waals surface area contributed by atoms with Gasteiger partial charge in [0.1, 0.15) is 6.10 Å². The first-order chi connectivity index (χ1) is 7.17. The van der Waals surface area contributed by atoms with E-state index in [0.717, 1.165) is 0 Å². The number of guanidine groups is 1. The van der Waals surface area contributed by atoms with E-state index in [1.807, 2.05) is 0 Å².